The zero-order chi connectivity index (χ0) is 27.8. The van der Waals surface area contributed by atoms with Crippen molar-refractivity contribution < 1.29 is 57.7 Å². The predicted octanol–water partition coefficient (Wildman–Crippen LogP) is -0.745. The molecule has 0 aliphatic heterocycles. The van der Waals surface area contributed by atoms with E-state index in [-0.39, 0.29) is 42.6 Å². The van der Waals surface area contributed by atoms with Crippen LogP contribution < -0.4 is 52.8 Å². The molecule has 218 valence electrons. The van der Waals surface area contributed by atoms with E-state index >= 15 is 0 Å². The molecule has 0 radical (unpaired) electrons. The topological polar surface area (TPSA) is 0 Å². The van der Waals surface area contributed by atoms with Crippen molar-refractivity contribution in [2.75, 3.05) is 0 Å². The van der Waals surface area contributed by atoms with Crippen LogP contribution in [0.1, 0.15) is 103 Å². The standard InChI is InChI=1S/C36H45Si.3ClH.Ti/c1-25(2)28-13-10-16-32(21-28)37(33-17-11-14-29(22-33)26(3)4,34-18-12-15-30(23-34)27(5)6)35-20-19-31(24-35)36(7,8)9;;;;/h10-19,21-23,25-27H,20H2,1-9H3;3*1H;/q;;;;+3/p-3. The van der Waals surface area contributed by atoms with Crippen molar-refractivity contribution in [1.82, 2.24) is 0 Å². The van der Waals surface area contributed by atoms with Crippen molar-refractivity contribution >= 4 is 23.6 Å². The first kappa shape index (κ1) is 38.0. The molecular weight excluding hydrogens is 615 g/mol. The van der Waals surface area contributed by atoms with Crippen molar-refractivity contribution in [2.45, 2.75) is 86.5 Å². The molecule has 0 N–H and O–H groups in total. The monoisotopic (exact) mass is 658 g/mol. The van der Waals surface area contributed by atoms with Gasteiger partial charge in [0.05, 0.1) is 0 Å². The Hall–Kier alpha value is -1.06. The number of rotatable bonds is 7. The van der Waals surface area contributed by atoms with Crippen molar-refractivity contribution in [3.05, 3.63) is 110 Å². The molecule has 0 heterocycles. The molecule has 4 rings (SSSR count). The maximum atomic E-state index is 2.55. The molecule has 0 bridgehead atoms. The van der Waals surface area contributed by atoms with Crippen LogP contribution in [0.2, 0.25) is 0 Å². The molecule has 1 aliphatic carbocycles. The molecule has 5 heteroatoms. The summed E-state index contributed by atoms with van der Waals surface area (Å²) in [4.78, 5) is 0. The van der Waals surface area contributed by atoms with Gasteiger partial charge < -0.3 is 37.2 Å². The Balaban J connectivity index is 0.00000280. The summed E-state index contributed by atoms with van der Waals surface area (Å²) in [7, 11) is -2.58. The van der Waals surface area contributed by atoms with Crippen LogP contribution in [0.15, 0.2) is 93.5 Å². The molecule has 0 saturated heterocycles. The maximum Gasteiger partial charge on any atom is -1.00 e. The molecule has 0 spiro atoms. The van der Waals surface area contributed by atoms with E-state index in [0.717, 1.165) is 6.42 Å². The molecule has 0 saturated carbocycles. The first-order valence-electron chi connectivity index (χ1n) is 14.3. The molecule has 0 nitrogen and oxygen atoms in total. The molecule has 1 aliphatic rings. The van der Waals surface area contributed by atoms with Gasteiger partial charge in [-0.3, -0.25) is 0 Å². The van der Waals surface area contributed by atoms with E-state index in [2.05, 4.69) is 162 Å². The van der Waals surface area contributed by atoms with Crippen molar-refractivity contribution in [3.8, 4) is 0 Å². The van der Waals surface area contributed by atoms with Crippen LogP contribution in [0.4, 0.5) is 0 Å². The van der Waals surface area contributed by atoms with Crippen molar-refractivity contribution in [3.63, 3.8) is 0 Å². The Morgan fingerprint density at radius 2 is 0.951 bits per heavy atom. The number of hydrogen-bond donors (Lipinski definition) is 0. The third kappa shape index (κ3) is 7.54. The molecule has 0 amide bonds. The number of halogens is 3. The minimum atomic E-state index is -2.58. The fourth-order valence-electron chi connectivity index (χ4n) is 6.01. The van der Waals surface area contributed by atoms with Gasteiger partial charge in [0.2, 0.25) is 0 Å². The van der Waals surface area contributed by atoms with E-state index in [1.807, 2.05) is 0 Å². The quantitative estimate of drug-likeness (QED) is 0.232. The van der Waals surface area contributed by atoms with Crippen LogP contribution in [0.25, 0.3) is 0 Å². The Labute approximate surface area is 281 Å². The maximum absolute atomic E-state index is 2.58. The molecule has 0 atom stereocenters. The SMILES string of the molecule is CC(C)c1cccc([Si](C2=[C]([Ti+3])C(C(C)(C)C)=CC2)(c2cccc(C(C)C)c2)c2cccc(C(C)C)c2)c1.[Cl-].[Cl-].[Cl-]. The molecular formula is C36H45Cl3SiTi. The third-order valence-electron chi connectivity index (χ3n) is 8.30. The van der Waals surface area contributed by atoms with Crippen LogP contribution in [-0.2, 0) is 20.4 Å². The first-order valence-corrected chi connectivity index (χ1v) is 17.1. The van der Waals surface area contributed by atoms with Gasteiger partial charge in [-0.15, -0.1) is 0 Å². The van der Waals surface area contributed by atoms with Gasteiger partial charge in [0, 0.05) is 0 Å². The van der Waals surface area contributed by atoms with Gasteiger partial charge in [-0.25, -0.2) is 0 Å². The van der Waals surface area contributed by atoms with Crippen molar-refractivity contribution in [1.29, 1.82) is 0 Å². The summed E-state index contributed by atoms with van der Waals surface area (Å²) >= 11 is 2.41. The van der Waals surface area contributed by atoms with Gasteiger partial charge in [0.15, 0.2) is 0 Å². The first-order chi connectivity index (χ1) is 17.9. The third-order valence-corrected chi connectivity index (χ3v) is 14.5. The average molecular weight is 660 g/mol. The largest absolute Gasteiger partial charge is 1.00 e. The van der Waals surface area contributed by atoms with Gasteiger partial charge in [-0.05, 0) is 0 Å². The minimum absolute atomic E-state index is 0. The molecule has 3 aromatic carbocycles. The number of allylic oxidation sites excluding steroid dienone is 4. The van der Waals surface area contributed by atoms with E-state index in [1.54, 1.807) is 5.20 Å². The van der Waals surface area contributed by atoms with Gasteiger partial charge in [-0.1, -0.05) is 0 Å². The smallest absolute Gasteiger partial charge is 1.00 e. The second kappa shape index (κ2) is 15.1. The summed E-state index contributed by atoms with van der Waals surface area (Å²) < 4.78 is 1.52. The van der Waals surface area contributed by atoms with Crippen LogP contribution in [0.5, 0.6) is 0 Å². The summed E-state index contributed by atoms with van der Waals surface area (Å²) in [5.74, 6) is 1.48. The Kier molecular flexibility index (Phi) is 14.0. The van der Waals surface area contributed by atoms with Crippen LogP contribution in [0.3, 0.4) is 0 Å². The van der Waals surface area contributed by atoms with Gasteiger partial charge in [0.25, 0.3) is 0 Å². The van der Waals surface area contributed by atoms with Gasteiger partial charge in [-0.2, -0.15) is 0 Å². The Bertz CT molecular complexity index is 1250. The Morgan fingerprint density at radius 3 is 1.22 bits per heavy atom. The van der Waals surface area contributed by atoms with E-state index in [9.17, 15) is 0 Å². The van der Waals surface area contributed by atoms with E-state index in [0.29, 0.717) is 17.8 Å². The molecule has 0 fully saturated rings. The summed E-state index contributed by atoms with van der Waals surface area (Å²) in [6.07, 6.45) is 3.58. The van der Waals surface area contributed by atoms with Gasteiger partial charge in [0.1, 0.15) is 0 Å². The Morgan fingerprint density at radius 1 is 0.610 bits per heavy atom. The molecule has 3 aromatic rings. The van der Waals surface area contributed by atoms with Gasteiger partial charge >= 0.3 is 246 Å². The zero-order valence-electron chi connectivity index (χ0n) is 26.1. The van der Waals surface area contributed by atoms with E-state index in [1.165, 1.54) is 41.7 Å². The number of benzene rings is 3. The summed E-state index contributed by atoms with van der Waals surface area (Å²) in [5.41, 5.74) is 5.94. The fraction of sp³-hybridized carbons (Fsp3) is 0.389. The zero-order valence-corrected chi connectivity index (χ0v) is 30.9. The molecule has 41 heavy (non-hydrogen) atoms. The summed E-state index contributed by atoms with van der Waals surface area (Å²) in [6.45, 7) is 21.0. The average Bonchev–Trinajstić information content (AvgIpc) is 3.27. The summed E-state index contributed by atoms with van der Waals surface area (Å²) in [6, 6.07) is 28.9. The summed E-state index contributed by atoms with van der Waals surface area (Å²) in [5, 5.41) is 6.21. The van der Waals surface area contributed by atoms with E-state index < -0.39 is 8.07 Å². The van der Waals surface area contributed by atoms with Crippen molar-refractivity contribution in [2.24, 2.45) is 5.41 Å². The fourth-order valence-corrected chi connectivity index (χ4v) is 12.9. The van der Waals surface area contributed by atoms with E-state index in [4.69, 9.17) is 0 Å². The van der Waals surface area contributed by atoms with Crippen LogP contribution in [0, 0.1) is 5.41 Å². The molecule has 0 unspecified atom stereocenters. The van der Waals surface area contributed by atoms with Crippen LogP contribution >= 0.6 is 0 Å². The second-order valence-corrected chi connectivity index (χ2v) is 17.6. The normalized spacial score (nSPS) is 13.7. The van der Waals surface area contributed by atoms with Crippen LogP contribution in [-0.4, -0.2) is 8.07 Å². The number of hydrogen-bond acceptors (Lipinski definition) is 0. The minimum Gasteiger partial charge on any atom is -1.00 e. The molecule has 0 aromatic heterocycles. The predicted molar refractivity (Wildman–Crippen MR) is 165 cm³/mol. The second-order valence-electron chi connectivity index (χ2n) is 13.0.